The van der Waals surface area contributed by atoms with Gasteiger partial charge in [0.05, 0.1) is 11.0 Å². The van der Waals surface area contributed by atoms with Crippen LogP contribution < -0.4 is 10.2 Å². The Morgan fingerprint density at radius 3 is 2.59 bits per heavy atom. The summed E-state index contributed by atoms with van der Waals surface area (Å²) >= 11 is 0. The predicted octanol–water partition coefficient (Wildman–Crippen LogP) is 5.64. The number of hydrogen-bond donors (Lipinski definition) is 1. The van der Waals surface area contributed by atoms with Crippen LogP contribution in [0, 0.1) is 10.1 Å². The van der Waals surface area contributed by atoms with Crippen LogP contribution in [0.4, 0.5) is 16.2 Å². The van der Waals surface area contributed by atoms with Gasteiger partial charge in [0.2, 0.25) is 0 Å². The lowest BCUT2D eigenvalue weighted by molar-refractivity contribution is -0.385. The van der Waals surface area contributed by atoms with Gasteiger partial charge < -0.3 is 15.0 Å². The highest BCUT2D eigenvalue weighted by Crippen LogP contribution is 2.29. The van der Waals surface area contributed by atoms with Crippen molar-refractivity contribution in [2.75, 3.05) is 18.0 Å². The third-order valence-electron chi connectivity index (χ3n) is 6.08. The van der Waals surface area contributed by atoms with Crippen LogP contribution in [0.15, 0.2) is 60.7 Å². The molecule has 1 aliphatic heterocycles. The van der Waals surface area contributed by atoms with Crippen molar-refractivity contribution < 1.29 is 14.5 Å². The second-order valence-corrected chi connectivity index (χ2v) is 9.79. The lowest BCUT2D eigenvalue weighted by Crippen LogP contribution is -2.40. The van der Waals surface area contributed by atoms with E-state index < -0.39 is 11.7 Å². The van der Waals surface area contributed by atoms with Crippen LogP contribution >= 0.6 is 0 Å². The summed E-state index contributed by atoms with van der Waals surface area (Å²) in [4.78, 5) is 25.7. The number of carbonyl (C=O) groups excluding carboxylic acids is 1. The van der Waals surface area contributed by atoms with E-state index in [2.05, 4.69) is 34.5 Å². The molecular weight excluding hydrogens is 430 g/mol. The summed E-state index contributed by atoms with van der Waals surface area (Å²) in [7, 11) is 0. The van der Waals surface area contributed by atoms with Crippen molar-refractivity contribution in [1.29, 1.82) is 0 Å². The van der Waals surface area contributed by atoms with E-state index in [0.717, 1.165) is 24.2 Å². The Morgan fingerprint density at radius 1 is 1.09 bits per heavy atom. The number of nitrogens with one attached hydrogen (secondary N) is 1. The van der Waals surface area contributed by atoms with Crippen molar-refractivity contribution in [3.63, 3.8) is 0 Å². The Balaban J connectivity index is 1.48. The van der Waals surface area contributed by atoms with Gasteiger partial charge in [0.25, 0.3) is 5.69 Å². The number of alkyl carbamates (subject to hydrolysis) is 1. The standard InChI is InChI=1S/C27H31N3O4/c1-27(2,3)34-26(31)28-22-15-16-29(18-22)23-13-14-25(30(32)33)21(17-23)12-11-20-9-6-8-19-7-4-5-10-24(19)20/h4-10,13-14,17,22H,11-12,15-16,18H2,1-3H3,(H,28,31)/t22-/m1/s1. The Bertz CT molecular complexity index is 1200. The molecule has 4 rings (SSSR count). The van der Waals surface area contributed by atoms with Gasteiger partial charge >= 0.3 is 6.09 Å². The number of rotatable bonds is 6. The summed E-state index contributed by atoms with van der Waals surface area (Å²) in [5.41, 5.74) is 2.44. The van der Waals surface area contributed by atoms with Crippen molar-refractivity contribution in [2.45, 2.75) is 51.7 Å². The average Bonchev–Trinajstić information content (AvgIpc) is 3.24. The molecule has 0 bridgehead atoms. The van der Waals surface area contributed by atoms with Gasteiger partial charge in [-0.25, -0.2) is 4.79 Å². The molecule has 1 saturated heterocycles. The molecule has 1 N–H and O–H groups in total. The number of aryl methyl sites for hydroxylation is 2. The van der Waals surface area contributed by atoms with E-state index in [1.54, 1.807) is 12.1 Å². The number of carbonyl (C=O) groups is 1. The first-order chi connectivity index (χ1) is 16.2. The lowest BCUT2D eigenvalue weighted by atomic mass is 9.97. The minimum atomic E-state index is -0.542. The molecule has 0 radical (unpaired) electrons. The van der Waals surface area contributed by atoms with Crippen molar-refractivity contribution in [2.24, 2.45) is 0 Å². The maximum Gasteiger partial charge on any atom is 0.407 e. The summed E-state index contributed by atoms with van der Waals surface area (Å²) in [6, 6.07) is 19.7. The average molecular weight is 462 g/mol. The number of ether oxygens (including phenoxy) is 1. The van der Waals surface area contributed by atoms with Crippen LogP contribution in [0.2, 0.25) is 0 Å². The van der Waals surface area contributed by atoms with Gasteiger partial charge in [-0.3, -0.25) is 10.1 Å². The molecule has 7 heteroatoms. The highest BCUT2D eigenvalue weighted by molar-refractivity contribution is 5.85. The molecule has 3 aromatic rings. The number of fused-ring (bicyclic) bond motifs is 1. The fourth-order valence-corrected chi connectivity index (χ4v) is 4.51. The van der Waals surface area contributed by atoms with Gasteiger partial charge in [-0.2, -0.15) is 0 Å². The molecule has 1 fully saturated rings. The molecule has 1 atom stereocenters. The number of nitro benzene ring substituents is 1. The van der Waals surface area contributed by atoms with Crippen molar-refractivity contribution >= 4 is 28.2 Å². The molecule has 7 nitrogen and oxygen atoms in total. The van der Waals surface area contributed by atoms with Gasteiger partial charge in [0.15, 0.2) is 0 Å². The highest BCUT2D eigenvalue weighted by atomic mass is 16.6. The molecule has 178 valence electrons. The van der Waals surface area contributed by atoms with Gasteiger partial charge in [0.1, 0.15) is 5.60 Å². The van der Waals surface area contributed by atoms with Crippen LogP contribution in [-0.4, -0.2) is 35.7 Å². The van der Waals surface area contributed by atoms with Crippen LogP contribution in [0.1, 0.15) is 38.3 Å². The Labute approximate surface area is 199 Å². The van der Waals surface area contributed by atoms with E-state index in [1.807, 2.05) is 45.0 Å². The van der Waals surface area contributed by atoms with Crippen molar-refractivity contribution in [1.82, 2.24) is 5.32 Å². The minimum absolute atomic E-state index is 0.0239. The van der Waals surface area contributed by atoms with Crippen molar-refractivity contribution in [3.8, 4) is 0 Å². The molecule has 0 saturated carbocycles. The Hall–Kier alpha value is -3.61. The number of amides is 1. The first kappa shape index (κ1) is 23.5. The van der Waals surface area contributed by atoms with Crippen LogP contribution in [0.3, 0.4) is 0 Å². The summed E-state index contributed by atoms with van der Waals surface area (Å²) in [6.45, 7) is 6.92. The molecule has 0 aromatic heterocycles. The normalized spacial score (nSPS) is 16.0. The zero-order valence-electron chi connectivity index (χ0n) is 19.9. The first-order valence-electron chi connectivity index (χ1n) is 11.7. The molecule has 0 unspecified atom stereocenters. The molecule has 34 heavy (non-hydrogen) atoms. The topological polar surface area (TPSA) is 84.7 Å². The van der Waals surface area contributed by atoms with Crippen molar-refractivity contribution in [3.05, 3.63) is 81.9 Å². The number of nitro groups is 1. The number of anilines is 1. The third-order valence-corrected chi connectivity index (χ3v) is 6.08. The van der Waals surface area contributed by atoms with E-state index in [0.29, 0.717) is 19.4 Å². The largest absolute Gasteiger partial charge is 0.444 e. The number of nitrogens with zero attached hydrogens (tertiary/aromatic N) is 2. The fourth-order valence-electron chi connectivity index (χ4n) is 4.51. The van der Waals surface area contributed by atoms with E-state index in [4.69, 9.17) is 4.74 Å². The summed E-state index contributed by atoms with van der Waals surface area (Å²) in [6.07, 6.45) is 1.67. The van der Waals surface area contributed by atoms with E-state index in [9.17, 15) is 14.9 Å². The Kier molecular flexibility index (Phi) is 6.72. The molecule has 3 aromatic carbocycles. The zero-order chi connectivity index (χ0) is 24.3. The highest BCUT2D eigenvalue weighted by Gasteiger charge is 2.27. The van der Waals surface area contributed by atoms with Crippen LogP contribution in [0.5, 0.6) is 0 Å². The van der Waals surface area contributed by atoms with Gasteiger partial charge in [-0.1, -0.05) is 42.5 Å². The number of hydrogen-bond acceptors (Lipinski definition) is 5. The lowest BCUT2D eigenvalue weighted by Gasteiger charge is -2.22. The van der Waals surface area contributed by atoms with E-state index in [-0.39, 0.29) is 16.7 Å². The second kappa shape index (κ2) is 9.71. The third kappa shape index (κ3) is 5.65. The van der Waals surface area contributed by atoms with Gasteiger partial charge in [0, 0.05) is 30.4 Å². The van der Waals surface area contributed by atoms with Crippen LogP contribution in [-0.2, 0) is 17.6 Å². The summed E-state index contributed by atoms with van der Waals surface area (Å²) in [5, 5.41) is 17.0. The number of benzene rings is 3. The molecule has 0 aliphatic carbocycles. The molecule has 1 aliphatic rings. The zero-order valence-corrected chi connectivity index (χ0v) is 19.9. The second-order valence-electron chi connectivity index (χ2n) is 9.79. The molecule has 1 amide bonds. The molecular formula is C27H31N3O4. The summed E-state index contributed by atoms with van der Waals surface area (Å²) in [5.74, 6) is 0. The smallest absolute Gasteiger partial charge is 0.407 e. The minimum Gasteiger partial charge on any atom is -0.444 e. The monoisotopic (exact) mass is 461 g/mol. The molecule has 0 spiro atoms. The first-order valence-corrected chi connectivity index (χ1v) is 11.7. The van der Waals surface area contributed by atoms with E-state index in [1.165, 1.54) is 16.3 Å². The maximum absolute atomic E-state index is 12.1. The molecule has 1 heterocycles. The van der Waals surface area contributed by atoms with Gasteiger partial charge in [-0.15, -0.1) is 0 Å². The predicted molar refractivity (Wildman–Crippen MR) is 134 cm³/mol. The maximum atomic E-state index is 12.1. The summed E-state index contributed by atoms with van der Waals surface area (Å²) < 4.78 is 5.36. The van der Waals surface area contributed by atoms with Gasteiger partial charge in [-0.05, 0) is 68.5 Å². The Morgan fingerprint density at radius 2 is 1.82 bits per heavy atom. The SMILES string of the molecule is CC(C)(C)OC(=O)N[C@@H]1CCN(c2ccc([N+](=O)[O-])c(CCc3cccc4ccccc34)c2)C1. The quantitative estimate of drug-likeness (QED) is 0.379. The van der Waals surface area contributed by atoms with E-state index >= 15 is 0 Å². The van der Waals surface area contributed by atoms with Crippen LogP contribution in [0.25, 0.3) is 10.8 Å². The fraction of sp³-hybridized carbons (Fsp3) is 0.370.